The van der Waals surface area contributed by atoms with Gasteiger partial charge in [0.05, 0.1) is 69.8 Å². The number of imide groups is 2. The van der Waals surface area contributed by atoms with Gasteiger partial charge in [0.25, 0.3) is 23.6 Å². The van der Waals surface area contributed by atoms with Crippen LogP contribution in [0.15, 0.2) is 64.9 Å². The van der Waals surface area contributed by atoms with Crippen LogP contribution >= 0.6 is 62.8 Å². The third-order valence-corrected chi connectivity index (χ3v) is 15.6. The van der Waals surface area contributed by atoms with E-state index in [9.17, 15) is 73.5 Å². The molecule has 0 saturated carbocycles. The normalized spacial score (nSPS) is 21.3. The van der Waals surface area contributed by atoms with Crippen LogP contribution in [0.25, 0.3) is 0 Å². The molecule has 1 aromatic heterocycles. The minimum absolute atomic E-state index is 0.0377. The number of aromatic hydroxyl groups is 2. The number of hydroxylamine groups is 2. The largest absolute Gasteiger partial charge is 0.507 e. The number of hydrogen-bond acceptors (Lipinski definition) is 27. The molecule has 0 radical (unpaired) electrons. The third-order valence-electron chi connectivity index (χ3n) is 12.9. The second-order valence-electron chi connectivity index (χ2n) is 19.1. The maximum absolute atomic E-state index is 13.9. The van der Waals surface area contributed by atoms with E-state index in [4.69, 9.17) is 26.1 Å². The molecule has 0 spiro atoms. The SMILES string of the molecule is CC(=O)CCS.CC(=O)CCS.COc1cccc2c1C(=O)c1c(O)c3c(c(O)c1C2=O)C[C@@](O)(/C(CO)=N/NC(=O)CCN1C(=O)C=CC1=O)C[C@@H]3OC1CC(N)C(O)C(C)O1.O=C(CCSSc1ccccn1)ON1C(=O)CCC1=O.[2H][P+](P)=S. The Hall–Kier alpha value is -5.59. The number of pyridine rings is 1. The summed E-state index contributed by atoms with van der Waals surface area (Å²) in [7, 11) is 6.43. The van der Waals surface area contributed by atoms with Crippen LogP contribution in [0, 0.1) is 0 Å². The molecule has 2 saturated heterocycles. The van der Waals surface area contributed by atoms with Crippen LogP contribution in [0.4, 0.5) is 0 Å². The number of hydrogen-bond donors (Lipinski definition) is 9. The fourth-order valence-electron chi connectivity index (χ4n) is 8.69. The number of aliphatic hydroxyl groups is 3. The van der Waals surface area contributed by atoms with Gasteiger partial charge in [-0.05, 0) is 61.3 Å². The summed E-state index contributed by atoms with van der Waals surface area (Å²) in [5, 5.41) is 61.6. The zero-order chi connectivity index (χ0) is 64.9. The molecule has 2 aliphatic carbocycles. The molecule has 0 bridgehead atoms. The molecule has 3 aliphatic heterocycles. The summed E-state index contributed by atoms with van der Waals surface area (Å²) in [6.07, 6.45) is -0.466. The van der Waals surface area contributed by atoms with Gasteiger partial charge in [-0.15, -0.1) is 5.06 Å². The number of methoxy groups -OCH3 is 1. The van der Waals surface area contributed by atoms with E-state index in [0.717, 1.165) is 22.1 Å². The molecule has 3 aromatic rings. The molecule has 8 atom stereocenters. The summed E-state index contributed by atoms with van der Waals surface area (Å²) in [6.45, 7) is 2.63. The predicted octanol–water partition coefficient (Wildman–Crippen LogP) is 3.75. The first kappa shape index (κ1) is 71.2. The van der Waals surface area contributed by atoms with Crippen LogP contribution in [0.5, 0.6) is 17.2 Å². The Morgan fingerprint density at radius 3 is 2.10 bits per heavy atom. The van der Waals surface area contributed by atoms with Gasteiger partial charge in [0.15, 0.2) is 30.9 Å². The van der Waals surface area contributed by atoms with E-state index in [1.54, 1.807) is 27.0 Å². The van der Waals surface area contributed by atoms with Gasteiger partial charge in [0.1, 0.15) is 39.4 Å². The first-order chi connectivity index (χ1) is 41.1. The lowest BCUT2D eigenvalue weighted by atomic mass is 9.71. The fraction of sp³-hybridized carbons (Fsp3) is 0.444. The van der Waals surface area contributed by atoms with Crippen LogP contribution < -0.4 is 15.9 Å². The minimum atomic E-state index is -2.21. The van der Waals surface area contributed by atoms with Gasteiger partial charge in [-0.25, -0.2) is 15.2 Å². The van der Waals surface area contributed by atoms with E-state index in [1.807, 2.05) is 18.2 Å². The predicted molar refractivity (Wildman–Crippen MR) is 331 cm³/mol. The first-order valence-electron chi connectivity index (χ1n) is 26.6. The fourth-order valence-corrected chi connectivity index (χ4v) is 11.2. The van der Waals surface area contributed by atoms with Crippen LogP contribution in [0.2, 0.25) is 0 Å². The lowest BCUT2D eigenvalue weighted by molar-refractivity contribution is -0.245. The Morgan fingerprint density at radius 1 is 0.953 bits per heavy atom. The van der Waals surface area contributed by atoms with Crippen molar-refractivity contribution >= 4 is 139 Å². The van der Waals surface area contributed by atoms with Crippen molar-refractivity contribution < 1.29 is 92.5 Å². The number of fused-ring (bicyclic) bond motifs is 3. The molecule has 5 amide bonds. The van der Waals surface area contributed by atoms with Crippen molar-refractivity contribution in [3.05, 3.63) is 88.1 Å². The number of nitrogens with zero attached hydrogens (tertiary/aromatic N) is 4. The highest BCUT2D eigenvalue weighted by Crippen LogP contribution is 2.53. The molecule has 32 heteroatoms. The zero-order valence-corrected chi connectivity index (χ0v) is 53.2. The van der Waals surface area contributed by atoms with E-state index >= 15 is 0 Å². The Kier molecular flexibility index (Phi) is 29.3. The van der Waals surface area contributed by atoms with Crippen molar-refractivity contribution in [2.45, 2.75) is 120 Å². The lowest BCUT2D eigenvalue weighted by Crippen LogP contribution is -2.53. The van der Waals surface area contributed by atoms with Gasteiger partial charge in [-0.3, -0.25) is 48.1 Å². The molecule has 8 N–H and O–H groups in total. The first-order valence-corrected chi connectivity index (χ1v) is 33.3. The summed E-state index contributed by atoms with van der Waals surface area (Å²) >= 11 is 12.0. The van der Waals surface area contributed by atoms with Gasteiger partial charge < -0.3 is 50.3 Å². The van der Waals surface area contributed by atoms with E-state index in [1.165, 1.54) is 46.9 Å². The van der Waals surface area contributed by atoms with E-state index in [0.29, 0.717) is 35.2 Å². The Bertz CT molecular complexity index is 3090. The topological polar surface area (TPSA) is 379 Å². The van der Waals surface area contributed by atoms with Gasteiger partial charge in [-0.1, -0.05) is 29.0 Å². The number of Topliss-reactive ketones (excluding diaryl/α,β-unsaturated/α-hetero) is 2. The average Bonchev–Trinajstić information content (AvgIpc) is 1.20. The number of ketones is 4. The lowest BCUT2D eigenvalue weighted by Gasteiger charge is -2.43. The summed E-state index contributed by atoms with van der Waals surface area (Å²) in [4.78, 5) is 128. The van der Waals surface area contributed by atoms with Crippen molar-refractivity contribution in [2.75, 3.05) is 37.5 Å². The molecule has 5 aliphatic rings. The number of phenols is 2. The average molecular weight is 1330 g/mol. The maximum Gasteiger partial charge on any atom is 0.355 e. The maximum atomic E-state index is 13.9. The number of phenolic OH excluding ortho intramolecular Hbond substituents is 2. The summed E-state index contributed by atoms with van der Waals surface area (Å²) in [6, 6.07) is 9.11. The van der Waals surface area contributed by atoms with Crippen LogP contribution in [-0.2, 0) is 70.9 Å². The second kappa shape index (κ2) is 35.4. The van der Waals surface area contributed by atoms with Gasteiger partial charge in [-0.2, -0.15) is 30.4 Å². The molecule has 86 heavy (non-hydrogen) atoms. The number of carbonyl (C=O) groups excluding carboxylic acids is 10. The zero-order valence-electron chi connectivity index (χ0n) is 47.9. The van der Waals surface area contributed by atoms with Crippen LogP contribution in [0.3, 0.4) is 0 Å². The molecule has 2 aromatic carbocycles. The molecule has 4 heterocycles. The van der Waals surface area contributed by atoms with Crippen molar-refractivity contribution in [1.82, 2.24) is 20.4 Å². The smallest absolute Gasteiger partial charge is 0.355 e. The molecular weight excluding hydrogens is 1260 g/mol. The van der Waals surface area contributed by atoms with E-state index < -0.39 is 138 Å². The van der Waals surface area contributed by atoms with Crippen molar-refractivity contribution in [3.63, 3.8) is 0 Å². The number of ether oxygens (including phenoxy) is 3. The number of carbonyl (C=O) groups is 10. The number of hydrazone groups is 1. The molecule has 25 nitrogen and oxygen atoms in total. The standard InChI is InChI=1S/C34H36N4O13.C12H12N2O4S2.2C4H8OS.H2P2S/c1-14-29(43)17(35)10-24(50-14)51-19-12-34(48,20(13-39)36-37-21(40)8-9-38-22(41)6-7-23(38)42)11-16-26(19)33(47)28-27(31(16)45)30(44)15-4-3-5-18(49-2)25(15)32(28)46;15-10-4-5-11(16)14(10)18-12(17)6-8-19-20-9-3-1-2-7-13-9;2*1-4(5)2-3-6;1-2-3/h3-7,14,17,19,24,29,39,43,45,47-48H,8-13,35H2,1-2H3,(H,37,40);1-3,7H,4-6,8H2;2*6H,2-3H2,1H3;1H2/p+1/b36-20+;;;;/t14?,17?,19-,24?,29?,34-;;;;/m0..../s1/i/hD. The minimum Gasteiger partial charge on any atom is -0.507 e. The highest BCUT2D eigenvalue weighted by atomic mass is 33.1. The summed E-state index contributed by atoms with van der Waals surface area (Å²) in [5.74, 6) is -4.16. The van der Waals surface area contributed by atoms with Gasteiger partial charge in [0.2, 0.25) is 11.7 Å². The molecule has 8 rings (SSSR count). The number of aromatic nitrogens is 1. The number of nitrogens with two attached hydrogens (primary N) is 1. The third kappa shape index (κ3) is 20.0. The highest BCUT2D eigenvalue weighted by Gasteiger charge is 2.50. The van der Waals surface area contributed by atoms with Gasteiger partial charge in [0, 0.05) is 105 Å². The van der Waals surface area contributed by atoms with E-state index in [-0.39, 0.29) is 78.2 Å². The number of nitrogens with one attached hydrogen (secondary N) is 1. The van der Waals surface area contributed by atoms with Crippen LogP contribution in [0.1, 0.15) is 121 Å². The highest BCUT2D eigenvalue weighted by molar-refractivity contribution is 8.76. The number of thiol groups is 2. The Labute approximate surface area is 523 Å². The number of benzene rings is 2. The van der Waals surface area contributed by atoms with Crippen molar-refractivity contribution in [1.29, 1.82) is 1.28 Å². The monoisotopic (exact) mass is 1330 g/mol. The summed E-state index contributed by atoms with van der Waals surface area (Å²) in [5.41, 5.74) is 4.05. The molecular formula is C54H67N6O19P2S5+. The van der Waals surface area contributed by atoms with Gasteiger partial charge >= 0.3 is 7.25 Å². The molecule has 6 unspecified atom stereocenters. The van der Waals surface area contributed by atoms with E-state index in [2.05, 4.69) is 61.5 Å². The second-order valence-corrected chi connectivity index (χ2v) is 25.1. The van der Waals surface area contributed by atoms with Crippen molar-refractivity contribution in [3.8, 4) is 17.2 Å². The Balaban J connectivity index is 0.000000365. The number of amides is 5. The van der Waals surface area contributed by atoms with Crippen molar-refractivity contribution in [2.24, 2.45) is 10.8 Å². The number of aliphatic hydroxyl groups excluding tert-OH is 2. The quantitative estimate of drug-likeness (QED) is 0.00943. The van der Waals surface area contributed by atoms with Crippen LogP contribution in [-0.4, -0.2) is 174 Å². The Morgan fingerprint density at radius 2 is 1.57 bits per heavy atom. The summed E-state index contributed by atoms with van der Waals surface area (Å²) < 4.78 is 23.7. The molecule has 466 valence electrons. The molecule has 2 fully saturated rings. The number of rotatable bonds is 19.